The third-order valence-electron chi connectivity index (χ3n) is 4.03. The summed E-state index contributed by atoms with van der Waals surface area (Å²) in [7, 11) is 1.92. The molecule has 0 aliphatic carbocycles. The van der Waals surface area contributed by atoms with Crippen molar-refractivity contribution in [3.8, 4) is 0 Å². The third kappa shape index (κ3) is 6.55. The zero-order chi connectivity index (χ0) is 21.3. The first-order valence-electron chi connectivity index (χ1n) is 9.05. The van der Waals surface area contributed by atoms with Gasteiger partial charge in [0.05, 0.1) is 11.4 Å². The zero-order valence-corrected chi connectivity index (χ0v) is 19.4. The molecule has 0 fully saturated rings. The highest BCUT2D eigenvalue weighted by Crippen LogP contribution is 2.31. The van der Waals surface area contributed by atoms with Crippen LogP contribution in [-0.2, 0) is 4.79 Å². The summed E-state index contributed by atoms with van der Waals surface area (Å²) in [6.45, 7) is 0. The van der Waals surface area contributed by atoms with Crippen molar-refractivity contribution < 1.29 is 9.59 Å². The van der Waals surface area contributed by atoms with E-state index in [0.29, 0.717) is 11.3 Å². The number of anilines is 3. The van der Waals surface area contributed by atoms with Gasteiger partial charge >= 0.3 is 0 Å². The van der Waals surface area contributed by atoms with Crippen molar-refractivity contribution in [1.82, 2.24) is 0 Å². The maximum absolute atomic E-state index is 11.0. The van der Waals surface area contributed by atoms with Crippen molar-refractivity contribution in [1.29, 1.82) is 0 Å². The molecule has 0 saturated heterocycles. The molecule has 30 heavy (non-hydrogen) atoms. The number of carbonyl (C=O) groups is 2. The smallest absolute Gasteiger partial charge is 0.234 e. The number of aldehydes is 1. The molecule has 3 N–H and O–H groups in total. The molecule has 5 nitrogen and oxygen atoms in total. The number of amides is 1. The maximum atomic E-state index is 11.0. The van der Waals surface area contributed by atoms with Crippen LogP contribution in [0.25, 0.3) is 0 Å². The van der Waals surface area contributed by atoms with Gasteiger partial charge in [0, 0.05) is 38.2 Å². The molecular formula is C22H20BrN3O2S2. The Labute approximate surface area is 192 Å². The number of thioether (sulfide) groups is 1. The normalized spacial score (nSPS) is 12.0. The van der Waals surface area contributed by atoms with Crippen molar-refractivity contribution in [2.75, 3.05) is 28.2 Å². The summed E-state index contributed by atoms with van der Waals surface area (Å²) in [4.78, 5) is 23.7. The second-order valence-electron chi connectivity index (χ2n) is 6.20. The number of nitrogens with one attached hydrogen (secondary N) is 3. The van der Waals surface area contributed by atoms with Gasteiger partial charge in [-0.3, -0.25) is 9.59 Å². The zero-order valence-electron chi connectivity index (χ0n) is 16.1. The molecule has 0 bridgehead atoms. The van der Waals surface area contributed by atoms with Gasteiger partial charge in [-0.2, -0.15) is 0 Å². The van der Waals surface area contributed by atoms with Crippen LogP contribution in [0.4, 0.5) is 17.1 Å². The van der Waals surface area contributed by atoms with Crippen molar-refractivity contribution >= 4 is 68.9 Å². The van der Waals surface area contributed by atoms with Crippen molar-refractivity contribution in [2.24, 2.45) is 0 Å². The number of rotatable bonds is 5. The second kappa shape index (κ2) is 11.1. The largest absolute Gasteiger partial charge is 0.388 e. The summed E-state index contributed by atoms with van der Waals surface area (Å²) in [6, 6.07) is 21.7. The molecule has 0 spiro atoms. The summed E-state index contributed by atoms with van der Waals surface area (Å²) in [5, 5.41) is 5.84. The topological polar surface area (TPSA) is 70.2 Å². The van der Waals surface area contributed by atoms with Crippen LogP contribution in [0.15, 0.2) is 81.0 Å². The number of hydrogen-bond donors (Lipinski definition) is 3. The summed E-state index contributed by atoms with van der Waals surface area (Å²) < 4.78 is 4.40. The predicted molar refractivity (Wildman–Crippen MR) is 131 cm³/mol. The summed E-state index contributed by atoms with van der Waals surface area (Å²) in [5.41, 5.74) is 3.54. The molecular weight excluding hydrogens is 482 g/mol. The Bertz CT molecular complexity index is 1030. The Morgan fingerprint density at radius 1 is 1.07 bits per heavy atom. The number of halogens is 1. The molecule has 8 heteroatoms. The summed E-state index contributed by atoms with van der Waals surface area (Å²) >= 11 is 6.51. The molecule has 3 aromatic rings. The van der Waals surface area contributed by atoms with Crippen LogP contribution in [0.2, 0.25) is 0 Å². The van der Waals surface area contributed by atoms with Gasteiger partial charge < -0.3 is 15.4 Å². The lowest BCUT2D eigenvalue weighted by atomic mass is 10.2. The number of benzene rings is 3. The van der Waals surface area contributed by atoms with Gasteiger partial charge in [-0.05, 0) is 66.5 Å². The van der Waals surface area contributed by atoms with Crippen LogP contribution in [0.5, 0.6) is 0 Å². The van der Waals surface area contributed by atoms with Crippen LogP contribution >= 0.6 is 39.6 Å². The Kier molecular flexibility index (Phi) is 8.24. The summed E-state index contributed by atoms with van der Waals surface area (Å²) in [5.74, 6) is 0.438. The SMILES string of the molecule is CNc1cccc(SNc2ccc(Br)cc2)c1.O=Cc1ccc2c(c1)NC(=O)CS2. The maximum Gasteiger partial charge on any atom is 0.234 e. The highest BCUT2D eigenvalue weighted by Gasteiger charge is 2.14. The van der Waals surface area contributed by atoms with Crippen LogP contribution in [-0.4, -0.2) is 25.0 Å². The van der Waals surface area contributed by atoms with Crippen LogP contribution in [0.1, 0.15) is 10.4 Å². The third-order valence-corrected chi connectivity index (χ3v) is 6.46. The minimum Gasteiger partial charge on any atom is -0.388 e. The Morgan fingerprint density at radius 3 is 2.60 bits per heavy atom. The van der Waals surface area contributed by atoms with Crippen molar-refractivity contribution in [3.05, 3.63) is 76.8 Å². The molecule has 154 valence electrons. The minimum atomic E-state index is -0.0134. The molecule has 1 aliphatic rings. The van der Waals surface area contributed by atoms with Gasteiger partial charge in [-0.15, -0.1) is 11.8 Å². The van der Waals surface area contributed by atoms with E-state index >= 15 is 0 Å². The Morgan fingerprint density at radius 2 is 1.87 bits per heavy atom. The highest BCUT2D eigenvalue weighted by atomic mass is 79.9. The van der Waals surface area contributed by atoms with E-state index < -0.39 is 0 Å². The molecule has 0 unspecified atom stereocenters. The summed E-state index contributed by atoms with van der Waals surface area (Å²) in [6.07, 6.45) is 0.770. The Hall–Kier alpha value is -2.42. The fourth-order valence-corrected chi connectivity index (χ4v) is 4.28. The lowest BCUT2D eigenvalue weighted by Crippen LogP contribution is -2.18. The van der Waals surface area contributed by atoms with E-state index in [-0.39, 0.29) is 5.91 Å². The van der Waals surface area contributed by atoms with E-state index in [1.165, 1.54) is 16.7 Å². The number of carbonyl (C=O) groups excluding carboxylic acids is 2. The van der Waals surface area contributed by atoms with Crippen LogP contribution in [0.3, 0.4) is 0 Å². The Balaban J connectivity index is 0.000000177. The van der Waals surface area contributed by atoms with Gasteiger partial charge in [-0.1, -0.05) is 28.1 Å². The minimum absolute atomic E-state index is 0.0134. The lowest BCUT2D eigenvalue weighted by molar-refractivity contribution is -0.113. The van der Waals surface area contributed by atoms with Gasteiger partial charge in [0.2, 0.25) is 5.91 Å². The fourth-order valence-electron chi connectivity index (χ4n) is 2.52. The predicted octanol–water partition coefficient (Wildman–Crippen LogP) is 6.15. The van der Waals surface area contributed by atoms with Crippen LogP contribution < -0.4 is 15.4 Å². The first kappa shape index (κ1) is 22.3. The van der Waals surface area contributed by atoms with Crippen molar-refractivity contribution in [3.63, 3.8) is 0 Å². The molecule has 0 saturated carbocycles. The van der Waals surface area contributed by atoms with Gasteiger partial charge in [0.25, 0.3) is 0 Å². The quantitative estimate of drug-likeness (QED) is 0.287. The fraction of sp³-hybridized carbons (Fsp3) is 0.0909. The van der Waals surface area contributed by atoms with Gasteiger partial charge in [0.15, 0.2) is 0 Å². The lowest BCUT2D eigenvalue weighted by Gasteiger charge is -2.15. The monoisotopic (exact) mass is 501 g/mol. The number of hydrogen-bond acceptors (Lipinski definition) is 6. The molecule has 0 aromatic heterocycles. The van der Waals surface area contributed by atoms with E-state index in [2.05, 4.69) is 43.4 Å². The molecule has 1 amide bonds. The molecule has 0 radical (unpaired) electrons. The van der Waals surface area contributed by atoms with Gasteiger partial charge in [0.1, 0.15) is 6.29 Å². The van der Waals surface area contributed by atoms with E-state index in [9.17, 15) is 9.59 Å². The first-order valence-corrected chi connectivity index (χ1v) is 11.6. The molecule has 0 atom stereocenters. The first-order chi connectivity index (χ1) is 14.6. The standard InChI is InChI=1S/C13H13BrN2S.C9H7NO2S/c1-15-12-3-2-4-13(9-12)17-16-11-7-5-10(14)6-8-11;11-4-6-1-2-8-7(3-6)10-9(12)5-13-8/h2-9,15-16H,1H3;1-4H,5H2,(H,10,12). The average Bonchev–Trinajstić information content (AvgIpc) is 2.78. The van der Waals surface area contributed by atoms with Crippen LogP contribution in [0, 0.1) is 0 Å². The molecule has 1 heterocycles. The molecule has 1 aliphatic heterocycles. The van der Waals surface area contributed by atoms with E-state index in [0.717, 1.165) is 32.7 Å². The molecule has 4 rings (SSSR count). The van der Waals surface area contributed by atoms with E-state index in [4.69, 9.17) is 0 Å². The van der Waals surface area contributed by atoms with E-state index in [1.54, 1.807) is 24.1 Å². The number of fused-ring (bicyclic) bond motifs is 1. The van der Waals surface area contributed by atoms with Gasteiger partial charge in [-0.25, -0.2) is 0 Å². The molecule has 3 aromatic carbocycles. The second-order valence-corrected chi connectivity index (χ2v) is 9.01. The average molecular weight is 502 g/mol. The van der Waals surface area contributed by atoms with Crippen molar-refractivity contribution in [2.45, 2.75) is 9.79 Å². The van der Waals surface area contributed by atoms with E-state index in [1.807, 2.05) is 49.5 Å². The highest BCUT2D eigenvalue weighted by molar-refractivity contribution is 9.10.